The maximum Gasteiger partial charge on any atom is 0.179 e. The molecule has 2 unspecified atom stereocenters. The van der Waals surface area contributed by atoms with E-state index in [1.807, 2.05) is 19.1 Å². The van der Waals surface area contributed by atoms with Crippen LogP contribution in [0.1, 0.15) is 37.0 Å². The molecular weight excluding hydrogens is 274 g/mol. The van der Waals surface area contributed by atoms with Gasteiger partial charge in [0.25, 0.3) is 0 Å². The van der Waals surface area contributed by atoms with Crippen LogP contribution in [0.4, 0.5) is 0 Å². The van der Waals surface area contributed by atoms with Gasteiger partial charge in [0.1, 0.15) is 0 Å². The van der Waals surface area contributed by atoms with Crippen LogP contribution in [0.15, 0.2) is 24.3 Å². The molecule has 4 heteroatoms. The molecule has 0 aromatic heterocycles. The summed E-state index contributed by atoms with van der Waals surface area (Å²) in [4.78, 5) is 14.7. The van der Waals surface area contributed by atoms with Gasteiger partial charge in [0.2, 0.25) is 0 Å². The van der Waals surface area contributed by atoms with Gasteiger partial charge in [0.05, 0.1) is 12.1 Å². The molecule has 1 aliphatic rings. The molecule has 0 bridgehead atoms. The zero-order valence-electron chi connectivity index (χ0n) is 12.1. The lowest BCUT2D eigenvalue weighted by Crippen LogP contribution is -2.43. The van der Waals surface area contributed by atoms with E-state index in [4.69, 9.17) is 16.3 Å². The van der Waals surface area contributed by atoms with E-state index >= 15 is 0 Å². The van der Waals surface area contributed by atoms with Crippen LogP contribution in [0.5, 0.6) is 0 Å². The Bertz CT molecular complexity index is 458. The van der Waals surface area contributed by atoms with Crippen LogP contribution in [0, 0.1) is 0 Å². The van der Waals surface area contributed by atoms with E-state index < -0.39 is 0 Å². The Morgan fingerprint density at radius 2 is 2.35 bits per heavy atom. The number of hydrogen-bond acceptors (Lipinski definition) is 3. The molecule has 1 aromatic carbocycles. The summed E-state index contributed by atoms with van der Waals surface area (Å²) < 4.78 is 5.67. The number of ether oxygens (including phenoxy) is 1. The van der Waals surface area contributed by atoms with Crippen molar-refractivity contribution in [3.05, 3.63) is 34.9 Å². The van der Waals surface area contributed by atoms with E-state index in [0.29, 0.717) is 10.6 Å². The number of halogens is 1. The summed E-state index contributed by atoms with van der Waals surface area (Å²) in [5.41, 5.74) is 0.677. The maximum atomic E-state index is 12.5. The van der Waals surface area contributed by atoms with E-state index in [2.05, 4.69) is 11.8 Å². The fraction of sp³-hybridized carbons (Fsp3) is 0.562. The third-order valence-electron chi connectivity index (χ3n) is 3.90. The predicted molar refractivity (Wildman–Crippen MR) is 81.5 cm³/mol. The summed E-state index contributed by atoms with van der Waals surface area (Å²) in [6, 6.07) is 7.01. The van der Waals surface area contributed by atoms with Gasteiger partial charge in [0, 0.05) is 23.7 Å². The molecule has 0 saturated carbocycles. The molecule has 0 radical (unpaired) electrons. The SMILES string of the molecule is CCN(CC1CCCO1)C(C)C(=O)c1cccc(Cl)c1. The standard InChI is InChI=1S/C16H22ClNO2/c1-3-18(11-15-8-5-9-20-15)12(2)16(19)13-6-4-7-14(17)10-13/h4,6-7,10,12,15H,3,5,8-9,11H2,1-2H3. The quantitative estimate of drug-likeness (QED) is 0.753. The smallest absolute Gasteiger partial charge is 0.179 e. The van der Waals surface area contributed by atoms with Crippen LogP contribution in [-0.2, 0) is 4.74 Å². The van der Waals surface area contributed by atoms with Gasteiger partial charge >= 0.3 is 0 Å². The molecule has 2 rings (SSSR count). The third kappa shape index (κ3) is 3.81. The van der Waals surface area contributed by atoms with Gasteiger partial charge < -0.3 is 4.74 Å². The first-order valence-electron chi connectivity index (χ1n) is 7.27. The Labute approximate surface area is 125 Å². The molecule has 0 spiro atoms. The second kappa shape index (κ2) is 7.21. The lowest BCUT2D eigenvalue weighted by Gasteiger charge is -2.29. The van der Waals surface area contributed by atoms with Crippen LogP contribution in [0.25, 0.3) is 0 Å². The largest absolute Gasteiger partial charge is 0.377 e. The molecule has 110 valence electrons. The van der Waals surface area contributed by atoms with Crippen molar-refractivity contribution in [3.63, 3.8) is 0 Å². The monoisotopic (exact) mass is 295 g/mol. The Morgan fingerprint density at radius 1 is 1.55 bits per heavy atom. The van der Waals surface area contributed by atoms with Gasteiger partial charge in [-0.1, -0.05) is 30.7 Å². The molecule has 1 heterocycles. The highest BCUT2D eigenvalue weighted by atomic mass is 35.5. The molecule has 0 N–H and O–H groups in total. The molecule has 1 saturated heterocycles. The highest BCUT2D eigenvalue weighted by Crippen LogP contribution is 2.18. The van der Waals surface area contributed by atoms with E-state index in [1.54, 1.807) is 12.1 Å². The van der Waals surface area contributed by atoms with Crippen LogP contribution >= 0.6 is 11.6 Å². The normalized spacial score (nSPS) is 20.3. The summed E-state index contributed by atoms with van der Waals surface area (Å²) in [5, 5.41) is 0.602. The van der Waals surface area contributed by atoms with Gasteiger partial charge in [0.15, 0.2) is 5.78 Å². The fourth-order valence-corrected chi connectivity index (χ4v) is 2.85. The van der Waals surface area contributed by atoms with Gasteiger partial charge in [-0.15, -0.1) is 0 Å². The highest BCUT2D eigenvalue weighted by molar-refractivity contribution is 6.31. The number of likely N-dealkylation sites (N-methyl/N-ethyl adjacent to an activating group) is 1. The van der Waals surface area contributed by atoms with Crippen molar-refractivity contribution in [2.75, 3.05) is 19.7 Å². The van der Waals surface area contributed by atoms with Crippen LogP contribution in [0.2, 0.25) is 5.02 Å². The number of carbonyl (C=O) groups is 1. The number of nitrogens with zero attached hydrogens (tertiary/aromatic N) is 1. The van der Waals surface area contributed by atoms with Crippen molar-refractivity contribution in [3.8, 4) is 0 Å². The van der Waals surface area contributed by atoms with Crippen LogP contribution in [0.3, 0.4) is 0 Å². The van der Waals surface area contributed by atoms with Crippen molar-refractivity contribution in [1.29, 1.82) is 0 Å². The topological polar surface area (TPSA) is 29.5 Å². The molecule has 1 fully saturated rings. The average molecular weight is 296 g/mol. The Hall–Kier alpha value is -0.900. The summed E-state index contributed by atoms with van der Waals surface area (Å²) in [6.45, 7) is 6.55. The van der Waals surface area contributed by atoms with E-state index in [1.165, 1.54) is 0 Å². The Balaban J connectivity index is 2.03. The highest BCUT2D eigenvalue weighted by Gasteiger charge is 2.25. The molecule has 1 aromatic rings. The van der Waals surface area contributed by atoms with E-state index in [9.17, 15) is 4.79 Å². The zero-order chi connectivity index (χ0) is 14.5. The lowest BCUT2D eigenvalue weighted by atomic mass is 10.0. The van der Waals surface area contributed by atoms with Crippen molar-refractivity contribution >= 4 is 17.4 Å². The van der Waals surface area contributed by atoms with Crippen LogP contribution in [-0.4, -0.2) is 42.5 Å². The molecule has 2 atom stereocenters. The summed E-state index contributed by atoms with van der Waals surface area (Å²) >= 11 is 5.96. The number of Topliss-reactive ketones (excluding diaryl/α,β-unsaturated/α-hetero) is 1. The number of rotatable bonds is 6. The number of hydrogen-bond donors (Lipinski definition) is 0. The molecule has 0 amide bonds. The van der Waals surface area contributed by atoms with Crippen molar-refractivity contribution in [2.24, 2.45) is 0 Å². The van der Waals surface area contributed by atoms with Crippen LogP contribution < -0.4 is 0 Å². The second-order valence-electron chi connectivity index (χ2n) is 5.27. The van der Waals surface area contributed by atoms with Crippen molar-refractivity contribution in [1.82, 2.24) is 4.90 Å². The van der Waals surface area contributed by atoms with E-state index in [-0.39, 0.29) is 17.9 Å². The van der Waals surface area contributed by atoms with Crippen molar-refractivity contribution < 1.29 is 9.53 Å². The summed E-state index contributed by atoms with van der Waals surface area (Å²) in [6.07, 6.45) is 2.48. The molecule has 1 aliphatic heterocycles. The minimum atomic E-state index is -0.150. The van der Waals surface area contributed by atoms with Gasteiger partial charge in [-0.25, -0.2) is 0 Å². The Kier molecular flexibility index (Phi) is 5.58. The van der Waals surface area contributed by atoms with Gasteiger partial charge in [-0.2, -0.15) is 0 Å². The number of ketones is 1. The van der Waals surface area contributed by atoms with Gasteiger partial charge in [-0.3, -0.25) is 9.69 Å². The first kappa shape index (κ1) is 15.5. The van der Waals surface area contributed by atoms with Gasteiger partial charge in [-0.05, 0) is 38.4 Å². The third-order valence-corrected chi connectivity index (χ3v) is 4.14. The Morgan fingerprint density at radius 3 is 2.95 bits per heavy atom. The number of carbonyl (C=O) groups excluding carboxylic acids is 1. The lowest BCUT2D eigenvalue weighted by molar-refractivity contribution is 0.0552. The van der Waals surface area contributed by atoms with Crippen molar-refractivity contribution in [2.45, 2.75) is 38.8 Å². The molecular formula is C16H22ClNO2. The second-order valence-corrected chi connectivity index (χ2v) is 5.71. The molecule has 0 aliphatic carbocycles. The average Bonchev–Trinajstić information content (AvgIpc) is 2.96. The summed E-state index contributed by atoms with van der Waals surface area (Å²) in [5.74, 6) is 0.118. The summed E-state index contributed by atoms with van der Waals surface area (Å²) in [7, 11) is 0. The minimum absolute atomic E-state index is 0.118. The zero-order valence-corrected chi connectivity index (χ0v) is 12.9. The molecule has 3 nitrogen and oxygen atoms in total. The first-order valence-corrected chi connectivity index (χ1v) is 7.65. The minimum Gasteiger partial charge on any atom is -0.377 e. The predicted octanol–water partition coefficient (Wildman–Crippen LogP) is 3.41. The molecule has 20 heavy (non-hydrogen) atoms. The fourth-order valence-electron chi connectivity index (χ4n) is 2.66. The van der Waals surface area contributed by atoms with E-state index in [0.717, 1.165) is 32.5 Å². The number of benzene rings is 1. The first-order chi connectivity index (χ1) is 9.61. The maximum absolute atomic E-state index is 12.5.